The Kier molecular flexibility index (Phi) is 4.11. The second-order valence-corrected chi connectivity index (χ2v) is 7.12. The van der Waals surface area contributed by atoms with Gasteiger partial charge in [-0.3, -0.25) is 4.79 Å². The number of nitrogens with zero attached hydrogens (tertiary/aromatic N) is 1. The summed E-state index contributed by atoms with van der Waals surface area (Å²) >= 11 is 0. The highest BCUT2D eigenvalue weighted by atomic mass is 16.2. The second kappa shape index (κ2) is 5.82. The van der Waals surface area contributed by atoms with Crippen LogP contribution in [0.5, 0.6) is 0 Å². The summed E-state index contributed by atoms with van der Waals surface area (Å²) in [7, 11) is 0. The van der Waals surface area contributed by atoms with E-state index in [1.165, 1.54) is 45.2 Å². The van der Waals surface area contributed by atoms with Crippen LogP contribution in [-0.4, -0.2) is 37.0 Å². The molecule has 3 rings (SSSR count). The molecule has 1 amide bonds. The molecule has 108 valence electrons. The Hall–Kier alpha value is -0.570. The zero-order valence-electron chi connectivity index (χ0n) is 12.2. The minimum atomic E-state index is 0.437. The Labute approximate surface area is 117 Å². The predicted octanol–water partition coefficient (Wildman–Crippen LogP) is 2.27. The van der Waals surface area contributed by atoms with Crippen molar-refractivity contribution < 1.29 is 4.79 Å². The predicted molar refractivity (Wildman–Crippen MR) is 76.8 cm³/mol. The summed E-state index contributed by atoms with van der Waals surface area (Å²) in [5, 5.41) is 3.50. The van der Waals surface area contributed by atoms with Gasteiger partial charge < -0.3 is 10.2 Å². The van der Waals surface area contributed by atoms with Crippen LogP contribution < -0.4 is 5.32 Å². The number of likely N-dealkylation sites (tertiary alicyclic amines) is 1. The van der Waals surface area contributed by atoms with E-state index in [0.29, 0.717) is 11.8 Å². The number of carbonyl (C=O) groups is 1. The highest BCUT2D eigenvalue weighted by Crippen LogP contribution is 2.33. The quantitative estimate of drug-likeness (QED) is 0.830. The number of nitrogens with one attached hydrogen (secondary N) is 1. The molecule has 1 N–H and O–H groups in total. The van der Waals surface area contributed by atoms with Crippen molar-refractivity contribution in [3.63, 3.8) is 0 Å². The largest absolute Gasteiger partial charge is 0.343 e. The first kappa shape index (κ1) is 13.4. The van der Waals surface area contributed by atoms with Crippen molar-refractivity contribution in [2.24, 2.45) is 23.7 Å². The van der Waals surface area contributed by atoms with Crippen molar-refractivity contribution >= 4 is 5.91 Å². The molecule has 2 saturated heterocycles. The molecule has 19 heavy (non-hydrogen) atoms. The fourth-order valence-electron chi connectivity index (χ4n) is 4.35. The van der Waals surface area contributed by atoms with E-state index in [4.69, 9.17) is 0 Å². The van der Waals surface area contributed by atoms with Gasteiger partial charge in [0.15, 0.2) is 0 Å². The van der Waals surface area contributed by atoms with E-state index in [0.717, 1.165) is 37.3 Å². The Morgan fingerprint density at radius 1 is 1.11 bits per heavy atom. The molecule has 3 aliphatic rings. The first-order valence-corrected chi connectivity index (χ1v) is 8.21. The molecule has 0 radical (unpaired) electrons. The minimum absolute atomic E-state index is 0.437. The van der Waals surface area contributed by atoms with Crippen molar-refractivity contribution in [2.45, 2.75) is 45.4 Å². The van der Waals surface area contributed by atoms with E-state index < -0.39 is 0 Å². The van der Waals surface area contributed by atoms with Crippen LogP contribution in [-0.2, 0) is 4.79 Å². The molecule has 1 saturated carbocycles. The molecule has 3 fully saturated rings. The lowest BCUT2D eigenvalue weighted by atomic mass is 9.92. The molecule has 2 heterocycles. The van der Waals surface area contributed by atoms with Crippen LogP contribution in [0.3, 0.4) is 0 Å². The molecule has 0 aromatic rings. The van der Waals surface area contributed by atoms with Gasteiger partial charge in [0.25, 0.3) is 0 Å². The number of carbonyl (C=O) groups excluding carboxylic acids is 1. The molecular weight excluding hydrogens is 236 g/mol. The average molecular weight is 264 g/mol. The zero-order chi connectivity index (χ0) is 13.2. The number of hydrogen-bond donors (Lipinski definition) is 1. The van der Waals surface area contributed by atoms with Crippen LogP contribution in [0.1, 0.15) is 45.4 Å². The normalized spacial score (nSPS) is 39.1. The molecule has 0 bridgehead atoms. The number of rotatable bonds is 2. The van der Waals surface area contributed by atoms with Crippen molar-refractivity contribution in [3.05, 3.63) is 0 Å². The van der Waals surface area contributed by atoms with Gasteiger partial charge in [-0.15, -0.1) is 0 Å². The minimum Gasteiger partial charge on any atom is -0.343 e. The van der Waals surface area contributed by atoms with E-state index in [9.17, 15) is 4.79 Å². The number of hydrogen-bond acceptors (Lipinski definition) is 2. The summed E-state index contributed by atoms with van der Waals surface area (Å²) in [6.07, 6.45) is 7.12. The molecule has 2 unspecified atom stereocenters. The standard InChI is InChI=1S/C16H28N2O/c1-12-2-3-13(8-12)9-16(19)18-6-4-14-10-17-11-15(14)5-7-18/h12-15,17H,2-11H2,1H3/t12?,13?,14-,15+. The van der Waals surface area contributed by atoms with Gasteiger partial charge in [-0.2, -0.15) is 0 Å². The summed E-state index contributed by atoms with van der Waals surface area (Å²) < 4.78 is 0. The molecule has 1 aliphatic carbocycles. The van der Waals surface area contributed by atoms with E-state index in [2.05, 4.69) is 17.1 Å². The summed E-state index contributed by atoms with van der Waals surface area (Å²) in [5.74, 6) is 3.60. The molecule has 0 aromatic heterocycles. The smallest absolute Gasteiger partial charge is 0.222 e. The second-order valence-electron chi connectivity index (χ2n) is 7.12. The molecule has 0 aromatic carbocycles. The van der Waals surface area contributed by atoms with Crippen LogP contribution in [0.15, 0.2) is 0 Å². The van der Waals surface area contributed by atoms with Crippen LogP contribution in [0.2, 0.25) is 0 Å². The van der Waals surface area contributed by atoms with Crippen LogP contribution in [0.25, 0.3) is 0 Å². The third-order valence-electron chi connectivity index (χ3n) is 5.64. The lowest BCUT2D eigenvalue weighted by molar-refractivity contribution is -0.132. The Bertz CT molecular complexity index is 317. The molecule has 2 aliphatic heterocycles. The van der Waals surface area contributed by atoms with E-state index in [1.807, 2.05) is 0 Å². The van der Waals surface area contributed by atoms with Crippen molar-refractivity contribution in [2.75, 3.05) is 26.2 Å². The SMILES string of the molecule is CC1CCC(CC(=O)N2CC[C@@H]3CNC[C@@H]3CC2)C1. The van der Waals surface area contributed by atoms with Gasteiger partial charge in [-0.25, -0.2) is 0 Å². The number of fused-ring (bicyclic) bond motifs is 1. The Morgan fingerprint density at radius 2 is 1.79 bits per heavy atom. The monoisotopic (exact) mass is 264 g/mol. The lowest BCUT2D eigenvalue weighted by Crippen LogP contribution is -2.33. The lowest BCUT2D eigenvalue weighted by Gasteiger charge is -2.22. The van der Waals surface area contributed by atoms with Gasteiger partial charge in [-0.1, -0.05) is 13.3 Å². The maximum Gasteiger partial charge on any atom is 0.222 e. The highest BCUT2D eigenvalue weighted by Gasteiger charge is 2.32. The van der Waals surface area contributed by atoms with Gasteiger partial charge in [0.05, 0.1) is 0 Å². The van der Waals surface area contributed by atoms with Crippen LogP contribution in [0.4, 0.5) is 0 Å². The topological polar surface area (TPSA) is 32.3 Å². The van der Waals surface area contributed by atoms with Gasteiger partial charge in [0.2, 0.25) is 5.91 Å². The zero-order valence-corrected chi connectivity index (χ0v) is 12.2. The van der Waals surface area contributed by atoms with Gasteiger partial charge >= 0.3 is 0 Å². The Balaban J connectivity index is 1.50. The molecule has 0 spiro atoms. The first-order valence-electron chi connectivity index (χ1n) is 8.21. The highest BCUT2D eigenvalue weighted by molar-refractivity contribution is 5.76. The first-order chi connectivity index (χ1) is 9.22. The molecule has 3 nitrogen and oxygen atoms in total. The van der Waals surface area contributed by atoms with Gasteiger partial charge in [0.1, 0.15) is 0 Å². The van der Waals surface area contributed by atoms with Crippen molar-refractivity contribution in [3.8, 4) is 0 Å². The number of amides is 1. The fourth-order valence-corrected chi connectivity index (χ4v) is 4.35. The van der Waals surface area contributed by atoms with Crippen LogP contribution in [0, 0.1) is 23.7 Å². The molecule has 3 heteroatoms. The van der Waals surface area contributed by atoms with E-state index in [-0.39, 0.29) is 0 Å². The third kappa shape index (κ3) is 3.13. The summed E-state index contributed by atoms with van der Waals surface area (Å²) in [5.41, 5.74) is 0. The Morgan fingerprint density at radius 3 is 2.37 bits per heavy atom. The molecule has 4 atom stereocenters. The van der Waals surface area contributed by atoms with Crippen LogP contribution >= 0.6 is 0 Å². The third-order valence-corrected chi connectivity index (χ3v) is 5.64. The maximum absolute atomic E-state index is 12.4. The summed E-state index contributed by atoms with van der Waals surface area (Å²) in [6.45, 7) is 6.68. The van der Waals surface area contributed by atoms with Gasteiger partial charge in [0, 0.05) is 19.5 Å². The van der Waals surface area contributed by atoms with Crippen molar-refractivity contribution in [1.29, 1.82) is 0 Å². The van der Waals surface area contributed by atoms with Crippen molar-refractivity contribution in [1.82, 2.24) is 10.2 Å². The summed E-state index contributed by atoms with van der Waals surface area (Å²) in [6, 6.07) is 0. The average Bonchev–Trinajstić information content (AvgIpc) is 2.94. The van der Waals surface area contributed by atoms with Gasteiger partial charge in [-0.05, 0) is 62.4 Å². The molecular formula is C16H28N2O. The van der Waals surface area contributed by atoms with E-state index in [1.54, 1.807) is 0 Å². The summed E-state index contributed by atoms with van der Waals surface area (Å²) in [4.78, 5) is 14.6. The maximum atomic E-state index is 12.4. The fraction of sp³-hybridized carbons (Fsp3) is 0.938. The van der Waals surface area contributed by atoms with E-state index >= 15 is 0 Å².